The molecule has 0 aliphatic rings. The summed E-state index contributed by atoms with van der Waals surface area (Å²) in [5.41, 5.74) is 1.27. The van der Waals surface area contributed by atoms with Gasteiger partial charge in [-0.15, -0.1) is 0 Å². The number of hydrogen-bond acceptors (Lipinski definition) is 4. The second-order valence-corrected chi connectivity index (χ2v) is 5.98. The van der Waals surface area contributed by atoms with Gasteiger partial charge < -0.3 is 5.11 Å². The summed E-state index contributed by atoms with van der Waals surface area (Å²) in [5, 5.41) is 9.28. The highest BCUT2D eigenvalue weighted by Crippen LogP contribution is 2.18. The fourth-order valence-corrected chi connectivity index (χ4v) is 2.96. The number of rotatable bonds is 4. The van der Waals surface area contributed by atoms with E-state index in [-0.39, 0.29) is 5.75 Å². The van der Waals surface area contributed by atoms with Gasteiger partial charge in [-0.3, -0.25) is 9.78 Å². The van der Waals surface area contributed by atoms with Crippen molar-refractivity contribution in [3.63, 3.8) is 0 Å². The van der Waals surface area contributed by atoms with Crippen molar-refractivity contribution in [1.82, 2.24) is 4.98 Å². The van der Waals surface area contributed by atoms with E-state index in [1.807, 2.05) is 6.07 Å². The zero-order chi connectivity index (χ0) is 13.2. The summed E-state index contributed by atoms with van der Waals surface area (Å²) < 4.78 is 23.3. The number of pyridine rings is 1. The molecule has 0 aliphatic heterocycles. The molecule has 2 rings (SSSR count). The van der Waals surface area contributed by atoms with Crippen LogP contribution in [0.2, 0.25) is 0 Å². The molecule has 0 atom stereocenters. The molecule has 2 aromatic rings. The first kappa shape index (κ1) is 12.5. The number of carboxylic acids is 1. The molecule has 6 heteroatoms. The van der Waals surface area contributed by atoms with Gasteiger partial charge in [-0.05, 0) is 17.7 Å². The van der Waals surface area contributed by atoms with Crippen LogP contribution in [0.25, 0.3) is 10.9 Å². The maximum Gasteiger partial charge on any atom is 0.318 e. The maximum atomic E-state index is 11.7. The second-order valence-electron chi connectivity index (χ2n) is 3.91. The minimum Gasteiger partial charge on any atom is -0.480 e. The van der Waals surface area contributed by atoms with Crippen LogP contribution < -0.4 is 0 Å². The molecular weight excluding hydrogens is 254 g/mol. The number of benzene rings is 1. The molecule has 0 bridgehead atoms. The van der Waals surface area contributed by atoms with Gasteiger partial charge >= 0.3 is 5.97 Å². The van der Waals surface area contributed by atoms with Gasteiger partial charge in [0.25, 0.3) is 0 Å². The van der Waals surface area contributed by atoms with Crippen LogP contribution in [0.5, 0.6) is 0 Å². The lowest BCUT2D eigenvalue weighted by molar-refractivity contribution is -0.134. The van der Waals surface area contributed by atoms with Crippen LogP contribution >= 0.6 is 0 Å². The molecule has 1 aromatic carbocycles. The summed E-state index contributed by atoms with van der Waals surface area (Å²) >= 11 is 0. The lowest BCUT2D eigenvalue weighted by atomic mass is 10.1. The van der Waals surface area contributed by atoms with Crippen molar-refractivity contribution < 1.29 is 18.3 Å². The first-order chi connectivity index (χ1) is 8.48. The van der Waals surface area contributed by atoms with E-state index in [4.69, 9.17) is 5.11 Å². The SMILES string of the molecule is O=C(O)CS(=O)(=O)Cc1ccnc2ccccc12. The lowest BCUT2D eigenvalue weighted by Gasteiger charge is -2.05. The molecule has 5 nitrogen and oxygen atoms in total. The lowest BCUT2D eigenvalue weighted by Crippen LogP contribution is -2.17. The van der Waals surface area contributed by atoms with Crippen LogP contribution in [0.4, 0.5) is 0 Å². The Labute approximate surface area is 104 Å². The number of para-hydroxylation sites is 1. The fourth-order valence-electron chi connectivity index (χ4n) is 1.76. The maximum absolute atomic E-state index is 11.7. The second kappa shape index (κ2) is 4.73. The summed E-state index contributed by atoms with van der Waals surface area (Å²) in [6.45, 7) is 0. The Kier molecular flexibility index (Phi) is 3.29. The first-order valence-corrected chi connectivity index (χ1v) is 7.05. The van der Waals surface area contributed by atoms with Crippen molar-refractivity contribution in [3.05, 3.63) is 42.1 Å². The summed E-state index contributed by atoms with van der Waals surface area (Å²) in [6.07, 6.45) is 1.52. The number of carboxylic acid groups (broad SMARTS) is 1. The number of carbonyl (C=O) groups is 1. The highest BCUT2D eigenvalue weighted by Gasteiger charge is 2.17. The molecule has 1 heterocycles. The third-order valence-electron chi connectivity index (χ3n) is 2.46. The molecular formula is C12H11NO4S. The van der Waals surface area contributed by atoms with E-state index in [2.05, 4.69) is 4.98 Å². The van der Waals surface area contributed by atoms with Crippen molar-refractivity contribution in [2.45, 2.75) is 5.75 Å². The fraction of sp³-hybridized carbons (Fsp3) is 0.167. The molecule has 0 saturated heterocycles. The van der Waals surface area contributed by atoms with Crippen LogP contribution in [0, 0.1) is 0 Å². The van der Waals surface area contributed by atoms with Crippen molar-refractivity contribution in [2.24, 2.45) is 0 Å². The number of nitrogens with zero attached hydrogens (tertiary/aromatic N) is 1. The Bertz CT molecular complexity index is 689. The van der Waals surface area contributed by atoms with Gasteiger partial charge in [0.15, 0.2) is 9.84 Å². The molecule has 0 amide bonds. The van der Waals surface area contributed by atoms with E-state index in [0.717, 1.165) is 5.39 Å². The van der Waals surface area contributed by atoms with Gasteiger partial charge in [-0.2, -0.15) is 0 Å². The zero-order valence-corrected chi connectivity index (χ0v) is 10.2. The van der Waals surface area contributed by atoms with Crippen LogP contribution in [-0.2, 0) is 20.4 Å². The zero-order valence-electron chi connectivity index (χ0n) is 9.41. The molecule has 0 radical (unpaired) electrons. The Hall–Kier alpha value is -1.95. The third kappa shape index (κ3) is 2.84. The molecule has 0 saturated carbocycles. The van der Waals surface area contributed by atoms with Crippen molar-refractivity contribution >= 4 is 26.7 Å². The summed E-state index contributed by atoms with van der Waals surface area (Å²) in [6, 6.07) is 8.75. The highest BCUT2D eigenvalue weighted by atomic mass is 32.2. The van der Waals surface area contributed by atoms with Crippen LogP contribution in [0.15, 0.2) is 36.5 Å². The number of hydrogen-bond donors (Lipinski definition) is 1. The van der Waals surface area contributed by atoms with Gasteiger partial charge in [-0.1, -0.05) is 18.2 Å². The van der Waals surface area contributed by atoms with E-state index >= 15 is 0 Å². The van der Waals surface area contributed by atoms with E-state index in [9.17, 15) is 13.2 Å². The number of sulfone groups is 1. The van der Waals surface area contributed by atoms with Gasteiger partial charge in [-0.25, -0.2) is 8.42 Å². The van der Waals surface area contributed by atoms with Crippen molar-refractivity contribution in [2.75, 3.05) is 5.75 Å². The summed E-state index contributed by atoms with van der Waals surface area (Å²) in [7, 11) is -3.65. The third-order valence-corrected chi connectivity index (χ3v) is 3.90. The Balaban J connectivity index is 2.41. The number of aliphatic carboxylic acids is 1. The molecule has 18 heavy (non-hydrogen) atoms. The number of fused-ring (bicyclic) bond motifs is 1. The van der Waals surface area contributed by atoms with Gasteiger partial charge in [0, 0.05) is 11.6 Å². The van der Waals surface area contributed by atoms with Crippen molar-refractivity contribution in [3.8, 4) is 0 Å². The topological polar surface area (TPSA) is 84.3 Å². The Morgan fingerprint density at radius 3 is 2.67 bits per heavy atom. The molecule has 1 N–H and O–H groups in total. The minimum atomic E-state index is -3.65. The van der Waals surface area contributed by atoms with E-state index in [1.165, 1.54) is 6.20 Å². The highest BCUT2D eigenvalue weighted by molar-refractivity contribution is 7.91. The standard InChI is InChI=1S/C12H11NO4S/c14-12(15)8-18(16,17)7-9-5-6-13-11-4-2-1-3-10(9)11/h1-6H,7-8H2,(H,14,15). The van der Waals surface area contributed by atoms with Gasteiger partial charge in [0.05, 0.1) is 11.3 Å². The van der Waals surface area contributed by atoms with Crippen LogP contribution in [0.3, 0.4) is 0 Å². The molecule has 0 aliphatic carbocycles. The van der Waals surface area contributed by atoms with Gasteiger partial charge in [0.1, 0.15) is 5.75 Å². The molecule has 0 spiro atoms. The predicted molar refractivity (Wildman–Crippen MR) is 66.9 cm³/mol. The average Bonchev–Trinajstić information content (AvgIpc) is 2.27. The predicted octanol–water partition coefficient (Wildman–Crippen LogP) is 1.23. The molecule has 0 unspecified atom stereocenters. The molecule has 94 valence electrons. The minimum absolute atomic E-state index is 0.289. The molecule has 0 fully saturated rings. The summed E-state index contributed by atoms with van der Waals surface area (Å²) in [4.78, 5) is 14.6. The number of aromatic nitrogens is 1. The smallest absolute Gasteiger partial charge is 0.318 e. The van der Waals surface area contributed by atoms with E-state index in [0.29, 0.717) is 11.1 Å². The van der Waals surface area contributed by atoms with E-state index in [1.54, 1.807) is 24.3 Å². The Morgan fingerprint density at radius 2 is 1.94 bits per heavy atom. The van der Waals surface area contributed by atoms with Gasteiger partial charge in [0.2, 0.25) is 0 Å². The van der Waals surface area contributed by atoms with Crippen LogP contribution in [0.1, 0.15) is 5.56 Å². The first-order valence-electron chi connectivity index (χ1n) is 5.23. The quantitative estimate of drug-likeness (QED) is 0.898. The molecule has 1 aromatic heterocycles. The average molecular weight is 265 g/mol. The summed E-state index contributed by atoms with van der Waals surface area (Å²) in [5.74, 6) is -2.49. The van der Waals surface area contributed by atoms with Crippen LogP contribution in [-0.4, -0.2) is 30.2 Å². The monoisotopic (exact) mass is 265 g/mol. The Morgan fingerprint density at radius 1 is 1.22 bits per heavy atom. The normalized spacial score (nSPS) is 11.6. The largest absolute Gasteiger partial charge is 0.480 e. The van der Waals surface area contributed by atoms with E-state index < -0.39 is 21.6 Å². The van der Waals surface area contributed by atoms with Crippen molar-refractivity contribution in [1.29, 1.82) is 0 Å².